The van der Waals surface area contributed by atoms with Crippen LogP contribution < -0.4 is 14.8 Å². The highest BCUT2D eigenvalue weighted by Gasteiger charge is 2.28. The first-order valence-electron chi connectivity index (χ1n) is 7.31. The van der Waals surface area contributed by atoms with Crippen LogP contribution in [0.1, 0.15) is 22.6 Å². The van der Waals surface area contributed by atoms with Crippen LogP contribution in [0.2, 0.25) is 0 Å². The maximum Gasteiger partial charge on any atom is 0.161 e. The van der Waals surface area contributed by atoms with Crippen molar-refractivity contribution in [1.82, 2.24) is 5.32 Å². The molecule has 1 aliphatic rings. The van der Waals surface area contributed by atoms with Crippen LogP contribution >= 0.6 is 0 Å². The second kappa shape index (κ2) is 6.19. The van der Waals surface area contributed by atoms with Crippen LogP contribution in [-0.4, -0.2) is 20.8 Å². The van der Waals surface area contributed by atoms with Gasteiger partial charge in [0.25, 0.3) is 0 Å². The quantitative estimate of drug-likeness (QED) is 0.883. The van der Waals surface area contributed by atoms with Gasteiger partial charge in [-0.25, -0.2) is 0 Å². The molecule has 2 aromatic carbocycles. The van der Waals surface area contributed by atoms with Crippen LogP contribution in [0, 0.1) is 0 Å². The number of methoxy groups -OCH3 is 2. The molecule has 1 N–H and O–H groups in total. The van der Waals surface area contributed by atoms with Gasteiger partial charge in [0.1, 0.15) is 0 Å². The maximum atomic E-state index is 5.38. The van der Waals surface area contributed by atoms with E-state index >= 15 is 0 Å². The Labute approximate surface area is 125 Å². The van der Waals surface area contributed by atoms with Gasteiger partial charge in [0.2, 0.25) is 0 Å². The number of fused-ring (bicyclic) bond motifs is 1. The van der Waals surface area contributed by atoms with E-state index in [1.165, 1.54) is 16.7 Å². The molecule has 0 radical (unpaired) electrons. The van der Waals surface area contributed by atoms with E-state index in [-0.39, 0.29) is 0 Å². The van der Waals surface area contributed by atoms with Crippen molar-refractivity contribution in [3.63, 3.8) is 0 Å². The highest BCUT2D eigenvalue weighted by molar-refractivity contribution is 5.53. The van der Waals surface area contributed by atoms with E-state index in [2.05, 4.69) is 41.7 Å². The van der Waals surface area contributed by atoms with Crippen molar-refractivity contribution >= 4 is 0 Å². The van der Waals surface area contributed by atoms with Crippen LogP contribution in [0.4, 0.5) is 0 Å². The zero-order valence-corrected chi connectivity index (χ0v) is 12.6. The maximum absolute atomic E-state index is 5.38. The summed E-state index contributed by atoms with van der Waals surface area (Å²) in [5.41, 5.74) is 4.08. The molecule has 0 amide bonds. The third-order valence-electron chi connectivity index (χ3n) is 4.11. The Morgan fingerprint density at radius 2 is 1.76 bits per heavy atom. The van der Waals surface area contributed by atoms with Gasteiger partial charge in [-0.15, -0.1) is 0 Å². The van der Waals surface area contributed by atoms with Crippen molar-refractivity contribution in [2.24, 2.45) is 0 Å². The van der Waals surface area contributed by atoms with Crippen molar-refractivity contribution in [3.05, 3.63) is 59.2 Å². The fraction of sp³-hybridized carbons (Fsp3) is 0.333. The van der Waals surface area contributed by atoms with Gasteiger partial charge < -0.3 is 14.8 Å². The molecule has 0 heterocycles. The molecule has 3 nitrogen and oxygen atoms in total. The average molecular weight is 283 g/mol. The first-order valence-corrected chi connectivity index (χ1v) is 7.31. The molecule has 1 atom stereocenters. The highest BCUT2D eigenvalue weighted by atomic mass is 16.5. The molecule has 110 valence electrons. The summed E-state index contributed by atoms with van der Waals surface area (Å²) in [7, 11) is 3.37. The topological polar surface area (TPSA) is 30.5 Å². The number of hydrogen-bond donors (Lipinski definition) is 1. The predicted octanol–water partition coefficient (Wildman–Crippen LogP) is 3.13. The third kappa shape index (κ3) is 2.88. The Bertz CT molecular complexity index is 610. The second-order valence-corrected chi connectivity index (χ2v) is 5.42. The molecular formula is C18H21NO2. The van der Waals surface area contributed by atoms with Crippen molar-refractivity contribution in [2.75, 3.05) is 20.8 Å². The number of ether oxygens (including phenoxy) is 2. The summed E-state index contributed by atoms with van der Waals surface area (Å²) in [5.74, 6) is 2.22. The summed E-state index contributed by atoms with van der Waals surface area (Å²) in [5, 5.41) is 3.54. The Hall–Kier alpha value is -2.00. The van der Waals surface area contributed by atoms with Gasteiger partial charge in [-0.1, -0.05) is 30.3 Å². The Morgan fingerprint density at radius 3 is 2.48 bits per heavy atom. The fourth-order valence-corrected chi connectivity index (χ4v) is 2.91. The lowest BCUT2D eigenvalue weighted by Crippen LogP contribution is -2.29. The molecule has 21 heavy (non-hydrogen) atoms. The number of rotatable bonds is 6. The Kier molecular flexibility index (Phi) is 4.11. The predicted molar refractivity (Wildman–Crippen MR) is 84.1 cm³/mol. The van der Waals surface area contributed by atoms with Crippen molar-refractivity contribution in [2.45, 2.75) is 18.9 Å². The standard InChI is InChI=1S/C18H21NO2/c1-20-17-9-14-8-15(16(14)10-18(17)21-2)12-19-11-13-6-4-3-5-7-13/h3-7,9-10,15,19H,8,11-12H2,1-2H3/t15-/m1/s1. The molecule has 0 unspecified atom stereocenters. The van der Waals surface area contributed by atoms with Gasteiger partial charge in [-0.3, -0.25) is 0 Å². The highest BCUT2D eigenvalue weighted by Crippen LogP contribution is 2.41. The van der Waals surface area contributed by atoms with Crippen molar-refractivity contribution in [3.8, 4) is 11.5 Å². The fourth-order valence-electron chi connectivity index (χ4n) is 2.91. The molecule has 3 rings (SSSR count). The molecule has 0 saturated carbocycles. The molecule has 0 aliphatic heterocycles. The summed E-state index contributed by atoms with van der Waals surface area (Å²) in [4.78, 5) is 0. The lowest BCUT2D eigenvalue weighted by molar-refractivity contribution is 0.351. The van der Waals surface area contributed by atoms with E-state index in [9.17, 15) is 0 Å². The Balaban J connectivity index is 1.60. The number of benzene rings is 2. The molecule has 0 saturated heterocycles. The van der Waals surface area contributed by atoms with Gasteiger partial charge in [-0.2, -0.15) is 0 Å². The van der Waals surface area contributed by atoms with Crippen LogP contribution in [0.3, 0.4) is 0 Å². The van der Waals surface area contributed by atoms with Crippen LogP contribution in [0.5, 0.6) is 11.5 Å². The van der Waals surface area contributed by atoms with E-state index in [1.807, 2.05) is 6.07 Å². The molecular weight excluding hydrogens is 262 g/mol. The van der Waals surface area contributed by atoms with Gasteiger partial charge >= 0.3 is 0 Å². The molecule has 0 fully saturated rings. The molecule has 0 bridgehead atoms. The smallest absolute Gasteiger partial charge is 0.161 e. The molecule has 1 aliphatic carbocycles. The molecule has 3 heteroatoms. The molecule has 0 spiro atoms. The van der Waals surface area contributed by atoms with E-state index in [0.717, 1.165) is 31.0 Å². The monoisotopic (exact) mass is 283 g/mol. The van der Waals surface area contributed by atoms with Crippen LogP contribution in [0.25, 0.3) is 0 Å². The zero-order chi connectivity index (χ0) is 14.7. The lowest BCUT2D eigenvalue weighted by Gasteiger charge is -2.31. The van der Waals surface area contributed by atoms with Crippen LogP contribution in [-0.2, 0) is 13.0 Å². The van der Waals surface area contributed by atoms with Crippen molar-refractivity contribution in [1.29, 1.82) is 0 Å². The largest absolute Gasteiger partial charge is 0.493 e. The minimum atomic E-state index is 0.573. The van der Waals surface area contributed by atoms with Gasteiger partial charge in [-0.05, 0) is 35.2 Å². The van der Waals surface area contributed by atoms with E-state index in [4.69, 9.17) is 9.47 Å². The average Bonchev–Trinajstić information content (AvgIpc) is 2.52. The van der Waals surface area contributed by atoms with E-state index in [1.54, 1.807) is 14.2 Å². The van der Waals surface area contributed by atoms with E-state index in [0.29, 0.717) is 5.92 Å². The minimum Gasteiger partial charge on any atom is -0.493 e. The number of nitrogens with one attached hydrogen (secondary N) is 1. The summed E-state index contributed by atoms with van der Waals surface area (Å²) < 4.78 is 10.7. The second-order valence-electron chi connectivity index (χ2n) is 5.42. The van der Waals surface area contributed by atoms with Gasteiger partial charge in [0.05, 0.1) is 14.2 Å². The van der Waals surface area contributed by atoms with Crippen LogP contribution in [0.15, 0.2) is 42.5 Å². The summed E-state index contributed by atoms with van der Waals surface area (Å²) >= 11 is 0. The van der Waals surface area contributed by atoms with Gasteiger partial charge in [0, 0.05) is 19.0 Å². The lowest BCUT2D eigenvalue weighted by atomic mass is 9.77. The summed E-state index contributed by atoms with van der Waals surface area (Å²) in [6, 6.07) is 14.7. The third-order valence-corrected chi connectivity index (χ3v) is 4.11. The summed E-state index contributed by atoms with van der Waals surface area (Å²) in [6.45, 7) is 1.91. The molecule has 0 aromatic heterocycles. The number of hydrogen-bond acceptors (Lipinski definition) is 3. The normalized spacial score (nSPS) is 16.0. The Morgan fingerprint density at radius 1 is 1.05 bits per heavy atom. The first-order chi connectivity index (χ1) is 10.3. The summed E-state index contributed by atoms with van der Waals surface area (Å²) in [6.07, 6.45) is 1.11. The van der Waals surface area contributed by atoms with Gasteiger partial charge in [0.15, 0.2) is 11.5 Å². The minimum absolute atomic E-state index is 0.573. The zero-order valence-electron chi connectivity index (χ0n) is 12.6. The molecule has 2 aromatic rings. The first kappa shape index (κ1) is 14.0. The van der Waals surface area contributed by atoms with Crippen molar-refractivity contribution < 1.29 is 9.47 Å². The SMILES string of the molecule is COc1cc2c(cc1OC)[C@@H](CNCc1ccccc1)C2. The van der Waals surface area contributed by atoms with E-state index < -0.39 is 0 Å².